The first-order chi connectivity index (χ1) is 12.6. The summed E-state index contributed by atoms with van der Waals surface area (Å²) < 4.78 is 44.2. The molecule has 0 N–H and O–H groups in total. The van der Waals surface area contributed by atoms with Crippen LogP contribution in [-0.2, 0) is 16.6 Å². The summed E-state index contributed by atoms with van der Waals surface area (Å²) in [4.78, 5) is 0.238. The third-order valence-corrected chi connectivity index (χ3v) is 6.47. The highest BCUT2D eigenvalue weighted by Crippen LogP contribution is 2.37. The maximum absolute atomic E-state index is 13.2. The van der Waals surface area contributed by atoms with Gasteiger partial charge in [0.2, 0.25) is 10.0 Å². The van der Waals surface area contributed by atoms with E-state index in [1.807, 2.05) is 24.3 Å². The molecule has 4 rings (SSSR count). The van der Waals surface area contributed by atoms with Gasteiger partial charge in [0.1, 0.15) is 19.0 Å². The summed E-state index contributed by atoms with van der Waals surface area (Å²) in [6.07, 6.45) is 1.78. The molecule has 1 fully saturated rings. The maximum atomic E-state index is 13.2. The second-order valence-electron chi connectivity index (χ2n) is 6.43. The quantitative estimate of drug-likeness (QED) is 0.777. The smallest absolute Gasteiger partial charge is 0.243 e. The van der Waals surface area contributed by atoms with Crippen LogP contribution in [0.15, 0.2) is 47.4 Å². The van der Waals surface area contributed by atoms with Crippen molar-refractivity contribution in [2.75, 3.05) is 20.3 Å². The fraction of sp³-hybridized carbons (Fsp3) is 0.368. The molecule has 0 atom stereocenters. The van der Waals surface area contributed by atoms with E-state index in [4.69, 9.17) is 14.2 Å². The molecule has 1 saturated carbocycles. The van der Waals surface area contributed by atoms with Crippen LogP contribution in [0.1, 0.15) is 18.4 Å². The van der Waals surface area contributed by atoms with Crippen LogP contribution in [0.4, 0.5) is 0 Å². The van der Waals surface area contributed by atoms with Gasteiger partial charge in [0, 0.05) is 18.7 Å². The highest BCUT2D eigenvalue weighted by atomic mass is 32.2. The second-order valence-corrected chi connectivity index (χ2v) is 8.33. The Bertz CT molecular complexity index is 891. The molecule has 6 nitrogen and oxygen atoms in total. The van der Waals surface area contributed by atoms with Gasteiger partial charge >= 0.3 is 0 Å². The lowest BCUT2D eigenvalue weighted by atomic mass is 10.2. The molecule has 2 aromatic rings. The average Bonchev–Trinajstić information content (AvgIpc) is 3.51. The molecule has 2 aliphatic rings. The van der Waals surface area contributed by atoms with Gasteiger partial charge in [-0.1, -0.05) is 12.1 Å². The van der Waals surface area contributed by atoms with Crippen LogP contribution in [0.5, 0.6) is 17.2 Å². The van der Waals surface area contributed by atoms with Gasteiger partial charge in [0.05, 0.1) is 12.0 Å². The van der Waals surface area contributed by atoms with Gasteiger partial charge in [-0.05, 0) is 42.7 Å². The Labute approximate surface area is 153 Å². The van der Waals surface area contributed by atoms with Crippen LogP contribution >= 0.6 is 0 Å². The number of hydrogen-bond donors (Lipinski definition) is 0. The van der Waals surface area contributed by atoms with Crippen molar-refractivity contribution < 1.29 is 22.6 Å². The minimum atomic E-state index is -3.62. The van der Waals surface area contributed by atoms with E-state index in [1.165, 1.54) is 0 Å². The summed E-state index contributed by atoms with van der Waals surface area (Å²) in [6, 6.07) is 12.4. The summed E-state index contributed by atoms with van der Waals surface area (Å²) in [5.41, 5.74) is 0.929. The number of sulfonamides is 1. The predicted molar refractivity (Wildman–Crippen MR) is 96.2 cm³/mol. The Kier molecular flexibility index (Phi) is 4.50. The minimum Gasteiger partial charge on any atom is -0.497 e. The zero-order chi connectivity index (χ0) is 18.1. The molecule has 0 radical (unpaired) electrons. The zero-order valence-corrected chi connectivity index (χ0v) is 15.4. The van der Waals surface area contributed by atoms with Crippen molar-refractivity contribution in [3.8, 4) is 17.2 Å². The fourth-order valence-corrected chi connectivity index (χ4v) is 4.69. The van der Waals surface area contributed by atoms with Crippen LogP contribution in [-0.4, -0.2) is 39.1 Å². The Hall–Kier alpha value is -2.25. The number of nitrogens with zero attached hydrogens (tertiary/aromatic N) is 1. The molecule has 0 aromatic heterocycles. The van der Waals surface area contributed by atoms with Gasteiger partial charge < -0.3 is 14.2 Å². The largest absolute Gasteiger partial charge is 0.497 e. The summed E-state index contributed by atoms with van der Waals surface area (Å²) in [5.74, 6) is 1.82. The zero-order valence-electron chi connectivity index (χ0n) is 14.6. The fourth-order valence-electron chi connectivity index (χ4n) is 3.00. The van der Waals surface area contributed by atoms with Crippen LogP contribution in [0.2, 0.25) is 0 Å². The maximum Gasteiger partial charge on any atom is 0.243 e. The predicted octanol–water partition coefficient (Wildman–Crippen LogP) is 2.82. The van der Waals surface area contributed by atoms with E-state index < -0.39 is 10.0 Å². The molecular weight excluding hydrogens is 354 g/mol. The Morgan fingerprint density at radius 1 is 1.04 bits per heavy atom. The normalized spacial score (nSPS) is 16.5. The molecule has 26 heavy (non-hydrogen) atoms. The molecule has 7 heteroatoms. The van der Waals surface area contributed by atoms with E-state index in [1.54, 1.807) is 29.6 Å². The van der Waals surface area contributed by atoms with E-state index in [0.29, 0.717) is 31.3 Å². The van der Waals surface area contributed by atoms with E-state index in [2.05, 4.69) is 0 Å². The number of methoxy groups -OCH3 is 1. The van der Waals surface area contributed by atoms with Crippen LogP contribution in [0.25, 0.3) is 0 Å². The Balaban J connectivity index is 1.62. The lowest BCUT2D eigenvalue weighted by Crippen LogP contribution is -2.32. The number of benzene rings is 2. The van der Waals surface area contributed by atoms with E-state index in [0.717, 1.165) is 24.2 Å². The molecule has 0 unspecified atom stereocenters. The third kappa shape index (κ3) is 3.37. The van der Waals surface area contributed by atoms with Gasteiger partial charge in [-0.2, -0.15) is 4.31 Å². The van der Waals surface area contributed by atoms with Crippen molar-refractivity contribution >= 4 is 10.0 Å². The van der Waals surface area contributed by atoms with Gasteiger partial charge in [-0.15, -0.1) is 0 Å². The topological polar surface area (TPSA) is 65.1 Å². The van der Waals surface area contributed by atoms with Gasteiger partial charge in [-0.25, -0.2) is 8.42 Å². The van der Waals surface area contributed by atoms with Gasteiger partial charge in [0.25, 0.3) is 0 Å². The van der Waals surface area contributed by atoms with Crippen molar-refractivity contribution in [3.63, 3.8) is 0 Å². The first-order valence-electron chi connectivity index (χ1n) is 8.62. The monoisotopic (exact) mass is 375 g/mol. The standard InChI is InChI=1S/C19H21NO5S/c1-23-16-6-2-14(3-7-16)13-20(15-4-5-15)26(21,22)17-8-9-18-19(12-17)25-11-10-24-18/h2-3,6-9,12,15H,4-5,10-11,13H2,1H3. The molecule has 0 saturated heterocycles. The molecule has 2 aromatic carbocycles. The number of ether oxygens (including phenoxy) is 3. The molecule has 1 aliphatic carbocycles. The minimum absolute atomic E-state index is 0.0512. The third-order valence-electron chi connectivity index (χ3n) is 4.57. The molecule has 0 bridgehead atoms. The van der Waals surface area contributed by atoms with Crippen molar-refractivity contribution in [2.24, 2.45) is 0 Å². The number of fused-ring (bicyclic) bond motifs is 1. The molecule has 1 aliphatic heterocycles. The number of rotatable bonds is 6. The Morgan fingerprint density at radius 3 is 2.38 bits per heavy atom. The first kappa shape index (κ1) is 17.2. The second kappa shape index (κ2) is 6.81. The summed E-state index contributed by atoms with van der Waals surface area (Å²) in [6.45, 7) is 1.24. The van der Waals surface area contributed by atoms with Crippen LogP contribution in [0.3, 0.4) is 0 Å². The van der Waals surface area contributed by atoms with Crippen molar-refractivity contribution in [2.45, 2.75) is 30.3 Å². The molecule has 0 amide bonds. The summed E-state index contributed by atoms with van der Waals surface area (Å²) in [7, 11) is -2.01. The van der Waals surface area contributed by atoms with E-state index in [-0.39, 0.29) is 10.9 Å². The Morgan fingerprint density at radius 2 is 1.73 bits per heavy atom. The molecule has 1 heterocycles. The summed E-state index contributed by atoms with van der Waals surface area (Å²) >= 11 is 0. The van der Waals surface area contributed by atoms with Crippen LogP contribution in [0, 0.1) is 0 Å². The van der Waals surface area contributed by atoms with Crippen molar-refractivity contribution in [3.05, 3.63) is 48.0 Å². The average molecular weight is 375 g/mol. The lowest BCUT2D eigenvalue weighted by molar-refractivity contribution is 0.171. The molecule has 0 spiro atoms. The lowest BCUT2D eigenvalue weighted by Gasteiger charge is -2.24. The van der Waals surface area contributed by atoms with Crippen LogP contribution < -0.4 is 14.2 Å². The highest BCUT2D eigenvalue weighted by molar-refractivity contribution is 7.89. The first-order valence-corrected chi connectivity index (χ1v) is 10.1. The van der Waals surface area contributed by atoms with Gasteiger partial charge in [-0.3, -0.25) is 0 Å². The molecular formula is C19H21NO5S. The van der Waals surface area contributed by atoms with E-state index in [9.17, 15) is 8.42 Å². The summed E-state index contributed by atoms with van der Waals surface area (Å²) in [5, 5.41) is 0. The van der Waals surface area contributed by atoms with Crippen molar-refractivity contribution in [1.82, 2.24) is 4.31 Å². The van der Waals surface area contributed by atoms with E-state index >= 15 is 0 Å². The van der Waals surface area contributed by atoms with Gasteiger partial charge in [0.15, 0.2) is 11.5 Å². The molecule has 138 valence electrons. The highest BCUT2D eigenvalue weighted by Gasteiger charge is 2.38. The number of hydrogen-bond acceptors (Lipinski definition) is 5. The van der Waals surface area contributed by atoms with Crippen molar-refractivity contribution in [1.29, 1.82) is 0 Å². The SMILES string of the molecule is COc1ccc(CN(C2CC2)S(=O)(=O)c2ccc3c(c2)OCCO3)cc1.